The molecule has 2 heterocycles. The first-order chi connectivity index (χ1) is 17.2. The van der Waals surface area contributed by atoms with E-state index in [0.717, 1.165) is 11.3 Å². The van der Waals surface area contributed by atoms with E-state index in [1.165, 1.54) is 6.07 Å². The zero-order chi connectivity index (χ0) is 25.9. The molecule has 0 fully saturated rings. The number of carbonyl (C=O) groups is 1. The van der Waals surface area contributed by atoms with Gasteiger partial charge in [-0.25, -0.2) is 9.02 Å². The number of nitrogens with zero attached hydrogens (tertiary/aromatic N) is 5. The highest BCUT2D eigenvalue weighted by Crippen LogP contribution is 2.29. The van der Waals surface area contributed by atoms with Gasteiger partial charge in [-0.2, -0.15) is 10.0 Å². The molecule has 0 saturated heterocycles. The maximum absolute atomic E-state index is 13.6. The minimum atomic E-state index is -1.01. The monoisotopic (exact) mass is 554 g/mol. The van der Waals surface area contributed by atoms with Gasteiger partial charge in [0.05, 0.1) is 16.7 Å². The summed E-state index contributed by atoms with van der Waals surface area (Å²) in [5, 5.41) is 18.1. The molecule has 4 aromatic rings. The lowest BCUT2D eigenvalue weighted by atomic mass is 9.92. The summed E-state index contributed by atoms with van der Waals surface area (Å²) in [7, 11) is 0. The van der Waals surface area contributed by atoms with Crippen LogP contribution >= 0.6 is 15.9 Å². The summed E-state index contributed by atoms with van der Waals surface area (Å²) in [6.07, 6.45) is 0.111. The third kappa shape index (κ3) is 5.73. The third-order valence-corrected chi connectivity index (χ3v) is 6.17. The van der Waals surface area contributed by atoms with Crippen molar-refractivity contribution in [2.45, 2.75) is 45.2 Å². The van der Waals surface area contributed by atoms with Crippen LogP contribution in [0.5, 0.6) is 0 Å². The molecule has 11 heteroatoms. The molecule has 1 atom stereocenters. The Bertz CT molecular complexity index is 1380. The van der Waals surface area contributed by atoms with Gasteiger partial charge in [-0.1, -0.05) is 67.5 Å². The maximum atomic E-state index is 13.6. The Hall–Kier alpha value is -3.73. The fourth-order valence-corrected chi connectivity index (χ4v) is 4.02. The van der Waals surface area contributed by atoms with E-state index in [1.807, 2.05) is 51.1 Å². The van der Waals surface area contributed by atoms with E-state index in [9.17, 15) is 14.1 Å². The number of anilines is 1. The van der Waals surface area contributed by atoms with Gasteiger partial charge < -0.3 is 5.32 Å². The first-order valence-corrected chi connectivity index (χ1v) is 12.0. The van der Waals surface area contributed by atoms with E-state index >= 15 is 0 Å². The number of nitrogens with one attached hydrogen (secondary N) is 1. The molecular formula is C25H24BrFN6O3. The van der Waals surface area contributed by atoms with Crippen LogP contribution in [0.4, 0.5) is 10.2 Å². The molecule has 9 nitrogen and oxygen atoms in total. The average Bonchev–Trinajstić information content (AvgIpc) is 3.47. The normalized spacial score (nSPS) is 12.4. The van der Waals surface area contributed by atoms with Gasteiger partial charge in [0.1, 0.15) is 17.6 Å². The number of rotatable bonds is 8. The number of hydrogen-bond donors (Lipinski definition) is 1. The van der Waals surface area contributed by atoms with Crippen LogP contribution in [0.1, 0.15) is 59.8 Å². The highest BCUT2D eigenvalue weighted by molar-refractivity contribution is 9.10. The largest absolute Gasteiger partial charge is 0.301 e. The Labute approximate surface area is 215 Å². The predicted molar refractivity (Wildman–Crippen MR) is 135 cm³/mol. The number of benzene rings is 2. The summed E-state index contributed by atoms with van der Waals surface area (Å²) in [4.78, 5) is 25.0. The second kappa shape index (κ2) is 10.5. The lowest BCUT2D eigenvalue weighted by Gasteiger charge is -2.14. The van der Waals surface area contributed by atoms with Crippen LogP contribution in [0.3, 0.4) is 0 Å². The Kier molecular flexibility index (Phi) is 7.39. The van der Waals surface area contributed by atoms with E-state index < -0.39 is 17.8 Å². The van der Waals surface area contributed by atoms with Gasteiger partial charge in [0.2, 0.25) is 5.82 Å². The molecule has 4 rings (SSSR count). The van der Waals surface area contributed by atoms with Gasteiger partial charge in [0.25, 0.3) is 5.91 Å². The predicted octanol–water partition coefficient (Wildman–Crippen LogP) is 5.82. The Morgan fingerprint density at radius 2 is 1.89 bits per heavy atom. The van der Waals surface area contributed by atoms with Gasteiger partial charge in [0.15, 0.2) is 5.69 Å². The number of hydrogen-bond acceptors (Lipinski definition) is 7. The molecule has 0 spiro atoms. The van der Waals surface area contributed by atoms with Crippen molar-refractivity contribution < 1.29 is 13.8 Å². The van der Waals surface area contributed by atoms with Crippen LogP contribution in [0, 0.1) is 10.7 Å². The minimum absolute atomic E-state index is 0.0180. The quantitative estimate of drug-likeness (QED) is 0.274. The van der Waals surface area contributed by atoms with Crippen molar-refractivity contribution in [2.24, 2.45) is 5.18 Å². The molecule has 0 aliphatic rings. The third-order valence-electron chi connectivity index (χ3n) is 5.56. The fourth-order valence-electron chi connectivity index (χ4n) is 3.59. The summed E-state index contributed by atoms with van der Waals surface area (Å²) in [6.45, 7) is 6.43. The molecule has 2 aromatic heterocycles. The van der Waals surface area contributed by atoms with Crippen LogP contribution in [0.15, 0.2) is 68.9 Å². The summed E-state index contributed by atoms with van der Waals surface area (Å²) in [5.74, 6) is -0.928. The first kappa shape index (κ1) is 25.4. The van der Waals surface area contributed by atoms with E-state index in [4.69, 9.17) is 4.63 Å². The topological polar surface area (TPSA) is 115 Å². The molecule has 36 heavy (non-hydrogen) atoms. The lowest BCUT2D eigenvalue weighted by Crippen LogP contribution is -2.19. The lowest BCUT2D eigenvalue weighted by molar-refractivity contribution is 0.101. The molecule has 186 valence electrons. The van der Waals surface area contributed by atoms with E-state index in [2.05, 4.69) is 41.8 Å². The van der Waals surface area contributed by atoms with Crippen molar-refractivity contribution in [3.8, 4) is 0 Å². The minimum Gasteiger partial charge on any atom is -0.301 e. The van der Waals surface area contributed by atoms with Crippen molar-refractivity contribution >= 4 is 27.7 Å². The molecule has 0 radical (unpaired) electrons. The van der Waals surface area contributed by atoms with Crippen LogP contribution in [-0.2, 0) is 18.4 Å². The summed E-state index contributed by atoms with van der Waals surface area (Å²) >= 11 is 3.13. The summed E-state index contributed by atoms with van der Waals surface area (Å²) in [6, 6.07) is 14.8. The smallest absolute Gasteiger partial charge is 0.275 e. The van der Waals surface area contributed by atoms with Crippen molar-refractivity contribution in [3.63, 3.8) is 0 Å². The van der Waals surface area contributed by atoms with Gasteiger partial charge in [0, 0.05) is 11.8 Å². The van der Waals surface area contributed by atoms with Crippen LogP contribution in [0.25, 0.3) is 0 Å². The summed E-state index contributed by atoms with van der Waals surface area (Å²) in [5.41, 5.74) is 2.47. The Morgan fingerprint density at radius 1 is 1.14 bits per heavy atom. The molecule has 0 aliphatic heterocycles. The zero-order valence-electron chi connectivity index (χ0n) is 19.9. The first-order valence-electron chi connectivity index (χ1n) is 11.2. The van der Waals surface area contributed by atoms with Gasteiger partial charge >= 0.3 is 0 Å². The molecule has 1 N–H and O–H groups in total. The Balaban J connectivity index is 1.60. The van der Waals surface area contributed by atoms with Gasteiger partial charge in [-0.05, 0) is 50.4 Å². The van der Waals surface area contributed by atoms with E-state index in [0.29, 0.717) is 17.8 Å². The number of amides is 1. The number of nitroso groups, excluding NO2 is 1. The fraction of sp³-hybridized carbons (Fsp3) is 0.280. The van der Waals surface area contributed by atoms with Crippen molar-refractivity contribution in [1.82, 2.24) is 20.1 Å². The molecular weight excluding hydrogens is 531 g/mol. The molecule has 1 amide bonds. The highest BCUT2D eigenvalue weighted by atomic mass is 79.9. The van der Waals surface area contributed by atoms with E-state index in [-0.39, 0.29) is 27.8 Å². The molecule has 1 unspecified atom stereocenters. The van der Waals surface area contributed by atoms with Crippen molar-refractivity contribution in [1.29, 1.82) is 0 Å². The van der Waals surface area contributed by atoms with Crippen molar-refractivity contribution in [2.75, 3.05) is 5.32 Å². The van der Waals surface area contributed by atoms with Gasteiger partial charge in [-0.3, -0.25) is 9.48 Å². The van der Waals surface area contributed by atoms with Crippen LogP contribution in [-0.4, -0.2) is 26.0 Å². The number of halogens is 2. The van der Waals surface area contributed by atoms with Gasteiger partial charge in [-0.15, -0.1) is 0 Å². The molecule has 0 saturated carbocycles. The standard InChI is InChI=1S/C25H24BrFN6O3/c1-25(2,3)21-13-20(33(29-21)14-15-7-5-4-6-8-15)24(34)28-23-22(31-36-32-23)19(30-35)12-16-9-10-18(27)17(26)11-16/h4-11,13,19H,12,14H2,1-3H3,(H,28,32,34). The maximum Gasteiger partial charge on any atom is 0.275 e. The molecule has 0 bridgehead atoms. The average molecular weight is 555 g/mol. The SMILES string of the molecule is CC(C)(C)c1cc(C(=O)Nc2nonc2C(Cc2ccc(F)c(Br)c2)N=O)n(Cc2ccccc2)n1. The highest BCUT2D eigenvalue weighted by Gasteiger charge is 2.27. The number of aromatic nitrogens is 4. The number of carbonyl (C=O) groups excluding carboxylic acids is 1. The van der Waals surface area contributed by atoms with Crippen LogP contribution in [0.2, 0.25) is 0 Å². The second-order valence-electron chi connectivity index (χ2n) is 9.33. The van der Waals surface area contributed by atoms with Crippen molar-refractivity contribution in [3.05, 3.63) is 98.0 Å². The zero-order valence-corrected chi connectivity index (χ0v) is 21.5. The summed E-state index contributed by atoms with van der Waals surface area (Å²) < 4.78 is 20.3. The van der Waals surface area contributed by atoms with E-state index in [1.54, 1.807) is 22.9 Å². The Morgan fingerprint density at radius 3 is 2.56 bits per heavy atom. The molecule has 2 aromatic carbocycles. The molecule has 0 aliphatic carbocycles. The second-order valence-corrected chi connectivity index (χ2v) is 10.2. The van der Waals surface area contributed by atoms with Crippen LogP contribution < -0.4 is 5.32 Å².